The summed E-state index contributed by atoms with van der Waals surface area (Å²) >= 11 is 2.90. The average Bonchev–Trinajstić information content (AvgIpc) is 2.42. The molecule has 0 radical (unpaired) electrons. The fraction of sp³-hybridized carbons (Fsp3) is 0.600. The van der Waals surface area contributed by atoms with Crippen LogP contribution in [-0.2, 0) is 0 Å². The van der Waals surface area contributed by atoms with Gasteiger partial charge < -0.3 is 4.90 Å². The fourth-order valence-corrected chi connectivity index (χ4v) is 1.18. The van der Waals surface area contributed by atoms with Crippen molar-refractivity contribution in [2.24, 2.45) is 5.89 Å². The van der Waals surface area contributed by atoms with E-state index in [1.807, 2.05) is 0 Å². The smallest absolute Gasteiger partial charge is 0.198 e. The molecule has 2 rings (SSSR count). The van der Waals surface area contributed by atoms with E-state index in [4.69, 9.17) is 16.4 Å². The topological polar surface area (TPSA) is 29.0 Å². The molecule has 1 aliphatic heterocycles. The molecule has 1 aliphatic rings. The maximum absolute atomic E-state index is 8.23. The SMILES string of the molecule is [2H]C([2H])([2H])C1([2H])C([2H])([2H])N(c2ccnc(Br)n2)C([2H])([2H])C([2H])([2H])C1([2H])[2H]. The van der Waals surface area contributed by atoms with Crippen LogP contribution < -0.4 is 4.90 Å². The largest absolute Gasteiger partial charge is 0.356 e. The fourth-order valence-electron chi connectivity index (χ4n) is 0.879. The molecule has 0 saturated carbocycles. The van der Waals surface area contributed by atoms with Gasteiger partial charge in [-0.3, -0.25) is 0 Å². The molecule has 0 amide bonds. The molecule has 1 aromatic heterocycles. The second kappa shape index (κ2) is 4.26. The van der Waals surface area contributed by atoms with E-state index in [-0.39, 0.29) is 9.63 Å². The monoisotopic (exact) mass is 267 g/mol. The van der Waals surface area contributed by atoms with Gasteiger partial charge in [-0.1, -0.05) is 6.85 Å². The van der Waals surface area contributed by atoms with Crippen LogP contribution in [0.4, 0.5) is 5.82 Å². The summed E-state index contributed by atoms with van der Waals surface area (Å²) in [5.41, 5.74) is 0. The Morgan fingerprint density at radius 1 is 1.86 bits per heavy atom. The van der Waals surface area contributed by atoms with Crippen LogP contribution in [0.15, 0.2) is 17.0 Å². The van der Waals surface area contributed by atoms with Crippen molar-refractivity contribution in [1.82, 2.24) is 9.97 Å². The lowest BCUT2D eigenvalue weighted by Gasteiger charge is -2.31. The predicted octanol–water partition coefficient (Wildman–Crippen LogP) is 2.48. The van der Waals surface area contributed by atoms with Gasteiger partial charge in [0.2, 0.25) is 0 Å². The van der Waals surface area contributed by atoms with Gasteiger partial charge in [-0.2, -0.15) is 0 Å². The summed E-state index contributed by atoms with van der Waals surface area (Å²) in [5.74, 6) is -4.22. The second-order valence-electron chi connectivity index (χ2n) is 2.37. The number of aromatic nitrogens is 2. The quantitative estimate of drug-likeness (QED) is 0.733. The van der Waals surface area contributed by atoms with Crippen LogP contribution >= 0.6 is 15.9 Å². The first kappa shape index (κ1) is 2.94. The highest BCUT2D eigenvalue weighted by atomic mass is 79.9. The minimum absolute atomic E-state index is 0.0626. The number of piperidine rings is 1. The third-order valence-electron chi connectivity index (χ3n) is 1.42. The van der Waals surface area contributed by atoms with Crippen LogP contribution in [0.25, 0.3) is 0 Å². The molecule has 76 valence electrons. The standard InChI is InChI=1S/C10H14BrN3/c1-8-3-2-6-14(7-8)9-4-5-12-10(11)13-9/h4-5,8H,2-3,6-7H2,1H3/i1D3,2D2,3D2,6D2,7D2,8D. The van der Waals surface area contributed by atoms with Crippen molar-refractivity contribution >= 4 is 21.7 Å². The van der Waals surface area contributed by atoms with Crippen molar-refractivity contribution in [3.8, 4) is 0 Å². The summed E-state index contributed by atoms with van der Waals surface area (Å²) in [5, 5.41) is 0. The molecule has 0 aromatic carbocycles. The van der Waals surface area contributed by atoms with E-state index in [1.54, 1.807) is 0 Å². The van der Waals surface area contributed by atoms with Gasteiger partial charge in [-0.25, -0.2) is 9.97 Å². The molecule has 1 aromatic rings. The maximum Gasteiger partial charge on any atom is 0.198 e. The zero-order chi connectivity index (χ0) is 20.6. The highest BCUT2D eigenvalue weighted by molar-refractivity contribution is 9.10. The summed E-state index contributed by atoms with van der Waals surface area (Å²) in [6.07, 6.45) is -6.21. The van der Waals surface area contributed by atoms with Crippen LogP contribution in [0.5, 0.6) is 0 Å². The molecule has 1 saturated heterocycles. The van der Waals surface area contributed by atoms with Crippen LogP contribution in [-0.4, -0.2) is 23.0 Å². The highest BCUT2D eigenvalue weighted by Crippen LogP contribution is 2.21. The second-order valence-corrected chi connectivity index (χ2v) is 3.08. The summed E-state index contributed by atoms with van der Waals surface area (Å²) in [6.45, 7) is -10.5. The number of anilines is 1. The van der Waals surface area contributed by atoms with Gasteiger partial charge >= 0.3 is 0 Å². The molecule has 0 N–H and O–H groups in total. The van der Waals surface area contributed by atoms with Gasteiger partial charge in [0, 0.05) is 35.6 Å². The molecule has 3 nitrogen and oxygen atoms in total. The van der Waals surface area contributed by atoms with Crippen LogP contribution in [0.1, 0.15) is 36.0 Å². The highest BCUT2D eigenvalue weighted by Gasteiger charge is 2.17. The minimum atomic E-state index is -3.72. The predicted molar refractivity (Wildman–Crippen MR) is 60.3 cm³/mol. The molecule has 1 fully saturated rings. The Balaban J connectivity index is 2.93. The molecular weight excluding hydrogens is 242 g/mol. The van der Waals surface area contributed by atoms with Crippen molar-refractivity contribution in [3.05, 3.63) is 17.0 Å². The zero-order valence-corrected chi connectivity index (χ0v) is 8.46. The van der Waals surface area contributed by atoms with Gasteiger partial charge in [-0.05, 0) is 40.6 Å². The average molecular weight is 268 g/mol. The Morgan fingerprint density at radius 3 is 3.57 bits per heavy atom. The molecule has 14 heavy (non-hydrogen) atoms. The van der Waals surface area contributed by atoms with Crippen LogP contribution in [0, 0.1) is 5.89 Å². The lowest BCUT2D eigenvalue weighted by atomic mass is 10.0. The summed E-state index contributed by atoms with van der Waals surface area (Å²) in [7, 11) is 0. The van der Waals surface area contributed by atoms with Crippen molar-refractivity contribution in [2.75, 3.05) is 17.9 Å². The van der Waals surface area contributed by atoms with E-state index >= 15 is 0 Å². The Labute approximate surface area is 110 Å². The first-order valence-electron chi connectivity index (χ1n) is 9.66. The number of hydrogen-bond donors (Lipinski definition) is 0. The van der Waals surface area contributed by atoms with Crippen LogP contribution in [0.3, 0.4) is 0 Å². The van der Waals surface area contributed by atoms with Crippen LogP contribution in [0.2, 0.25) is 0 Å². The van der Waals surface area contributed by atoms with Gasteiger partial charge in [0.05, 0.1) is 0 Å². The summed E-state index contributed by atoms with van der Waals surface area (Å²) < 4.78 is 95.1. The maximum atomic E-state index is 8.23. The molecule has 0 bridgehead atoms. The summed E-state index contributed by atoms with van der Waals surface area (Å²) in [4.78, 5) is 7.50. The van der Waals surface area contributed by atoms with Crippen molar-refractivity contribution in [1.29, 1.82) is 0 Å². The normalized spacial score (nSPS) is 55.6. The number of rotatable bonds is 1. The van der Waals surface area contributed by atoms with Crippen molar-refractivity contribution in [3.63, 3.8) is 0 Å². The van der Waals surface area contributed by atoms with Gasteiger partial charge in [0.25, 0.3) is 0 Å². The molecule has 2 heterocycles. The molecule has 0 spiro atoms. The minimum Gasteiger partial charge on any atom is -0.356 e. The Hall–Kier alpha value is -0.640. The number of halogens is 1. The Bertz CT molecular complexity index is 719. The molecule has 4 heteroatoms. The van der Waals surface area contributed by atoms with E-state index < -0.39 is 44.3 Å². The van der Waals surface area contributed by atoms with Gasteiger partial charge in [0.1, 0.15) is 5.82 Å². The zero-order valence-electron chi connectivity index (χ0n) is 18.9. The third-order valence-corrected chi connectivity index (χ3v) is 1.80. The lowest BCUT2D eigenvalue weighted by Crippen LogP contribution is -2.34. The number of nitrogens with zero attached hydrogens (tertiary/aromatic N) is 3. The molecule has 1 atom stereocenters. The van der Waals surface area contributed by atoms with Crippen molar-refractivity contribution < 1.29 is 16.4 Å². The van der Waals surface area contributed by atoms with E-state index in [0.29, 0.717) is 0 Å². The lowest BCUT2D eigenvalue weighted by molar-refractivity contribution is 0.444. The van der Waals surface area contributed by atoms with Gasteiger partial charge in [-0.15, -0.1) is 0 Å². The van der Waals surface area contributed by atoms with E-state index in [1.165, 1.54) is 0 Å². The first-order chi connectivity index (χ1) is 11.4. The third kappa shape index (κ3) is 2.23. The molecular formula is C10H14BrN3. The van der Waals surface area contributed by atoms with E-state index in [0.717, 1.165) is 12.3 Å². The van der Waals surface area contributed by atoms with Gasteiger partial charge in [0.15, 0.2) is 4.73 Å². The summed E-state index contributed by atoms with van der Waals surface area (Å²) in [6, 6.07) is 1.01. The van der Waals surface area contributed by atoms with Crippen molar-refractivity contribution in [2.45, 2.75) is 19.6 Å². The Morgan fingerprint density at radius 2 is 2.79 bits per heavy atom. The van der Waals surface area contributed by atoms with E-state index in [9.17, 15) is 0 Å². The number of hydrogen-bond acceptors (Lipinski definition) is 3. The molecule has 0 aliphatic carbocycles. The molecule has 1 unspecified atom stereocenters. The Kier molecular flexibility index (Phi) is 0.893. The van der Waals surface area contributed by atoms with E-state index in [2.05, 4.69) is 25.9 Å². The first-order valence-corrected chi connectivity index (χ1v) is 4.45.